The molecule has 1 heterocycles. The fourth-order valence-electron chi connectivity index (χ4n) is 5.37. The van der Waals surface area contributed by atoms with Crippen molar-refractivity contribution in [2.45, 2.75) is 77.4 Å². The summed E-state index contributed by atoms with van der Waals surface area (Å²) in [5.74, 6) is 2.01. The summed E-state index contributed by atoms with van der Waals surface area (Å²) in [5.41, 5.74) is 2.49. The summed E-state index contributed by atoms with van der Waals surface area (Å²) in [4.78, 5) is 17.1. The standard InChI is InChI=1S/C32H40N6/c1-3-4-22-38(23-25-14-7-5-8-15-25)32-36-30(35-31(37-32)34-27-18-9-6-10-19-27)33-24(2)28-21-13-17-26-16-11-12-20-29(26)28/h5,7-8,11-17,20-21,24,27H,3-4,6,9-10,18-19,22-23H2,1-2H3,(H2,33,34,35,36,37)/t24-/m0/s1. The zero-order valence-corrected chi connectivity index (χ0v) is 22.7. The van der Waals surface area contributed by atoms with Crippen molar-refractivity contribution in [2.75, 3.05) is 22.1 Å². The van der Waals surface area contributed by atoms with Crippen molar-refractivity contribution < 1.29 is 0 Å². The van der Waals surface area contributed by atoms with Crippen LogP contribution in [0, 0.1) is 0 Å². The highest BCUT2D eigenvalue weighted by Gasteiger charge is 2.19. The second-order valence-electron chi connectivity index (χ2n) is 10.5. The smallest absolute Gasteiger partial charge is 0.232 e. The normalized spacial score (nSPS) is 14.8. The number of nitrogens with zero attached hydrogens (tertiary/aromatic N) is 4. The van der Waals surface area contributed by atoms with Crippen LogP contribution in [0.25, 0.3) is 10.8 Å². The molecule has 0 radical (unpaired) electrons. The van der Waals surface area contributed by atoms with Crippen LogP contribution in [0.3, 0.4) is 0 Å². The first kappa shape index (κ1) is 26.0. The van der Waals surface area contributed by atoms with Gasteiger partial charge in [-0.3, -0.25) is 0 Å². The van der Waals surface area contributed by atoms with Crippen molar-refractivity contribution >= 4 is 28.6 Å². The van der Waals surface area contributed by atoms with Gasteiger partial charge in [0, 0.05) is 19.1 Å². The second kappa shape index (κ2) is 12.7. The van der Waals surface area contributed by atoms with E-state index in [0.29, 0.717) is 17.9 Å². The fraction of sp³-hybridized carbons (Fsp3) is 0.406. The van der Waals surface area contributed by atoms with Gasteiger partial charge in [-0.15, -0.1) is 0 Å². The van der Waals surface area contributed by atoms with Gasteiger partial charge in [-0.2, -0.15) is 15.0 Å². The molecule has 0 spiro atoms. The van der Waals surface area contributed by atoms with E-state index in [0.717, 1.165) is 31.9 Å². The molecule has 198 valence electrons. The van der Waals surface area contributed by atoms with E-state index in [-0.39, 0.29) is 6.04 Å². The lowest BCUT2D eigenvalue weighted by Crippen LogP contribution is -2.29. The van der Waals surface area contributed by atoms with Gasteiger partial charge >= 0.3 is 0 Å². The van der Waals surface area contributed by atoms with Crippen molar-refractivity contribution in [3.63, 3.8) is 0 Å². The summed E-state index contributed by atoms with van der Waals surface area (Å²) in [6.07, 6.45) is 8.37. The van der Waals surface area contributed by atoms with Crippen LogP contribution in [0.15, 0.2) is 72.8 Å². The topological polar surface area (TPSA) is 66.0 Å². The minimum atomic E-state index is 0.0390. The third-order valence-electron chi connectivity index (χ3n) is 7.48. The van der Waals surface area contributed by atoms with Gasteiger partial charge in [0.1, 0.15) is 0 Å². The van der Waals surface area contributed by atoms with E-state index < -0.39 is 0 Å². The van der Waals surface area contributed by atoms with Gasteiger partial charge < -0.3 is 15.5 Å². The Bertz CT molecular complexity index is 1300. The number of rotatable bonds is 11. The molecule has 5 rings (SSSR count). The van der Waals surface area contributed by atoms with E-state index in [1.807, 2.05) is 0 Å². The van der Waals surface area contributed by atoms with E-state index in [4.69, 9.17) is 15.0 Å². The third-order valence-corrected chi connectivity index (χ3v) is 7.48. The Morgan fingerprint density at radius 1 is 0.842 bits per heavy atom. The molecule has 1 aromatic heterocycles. The van der Waals surface area contributed by atoms with Gasteiger partial charge in [-0.05, 0) is 48.1 Å². The number of anilines is 3. The molecule has 0 bridgehead atoms. The lowest BCUT2D eigenvalue weighted by atomic mass is 9.96. The lowest BCUT2D eigenvalue weighted by Gasteiger charge is -2.26. The molecule has 1 fully saturated rings. The van der Waals surface area contributed by atoms with Gasteiger partial charge in [0.05, 0.1) is 6.04 Å². The summed E-state index contributed by atoms with van der Waals surface area (Å²) >= 11 is 0. The molecule has 1 aliphatic carbocycles. The number of fused-ring (bicyclic) bond motifs is 1. The second-order valence-corrected chi connectivity index (χ2v) is 10.5. The van der Waals surface area contributed by atoms with Crippen LogP contribution >= 0.6 is 0 Å². The molecule has 38 heavy (non-hydrogen) atoms. The Morgan fingerprint density at radius 3 is 2.39 bits per heavy atom. The molecule has 4 aromatic rings. The zero-order chi connectivity index (χ0) is 26.2. The Morgan fingerprint density at radius 2 is 1.58 bits per heavy atom. The zero-order valence-electron chi connectivity index (χ0n) is 22.7. The molecule has 6 nitrogen and oxygen atoms in total. The molecule has 3 aromatic carbocycles. The van der Waals surface area contributed by atoms with Gasteiger partial charge in [0.2, 0.25) is 17.8 Å². The molecular weight excluding hydrogens is 468 g/mol. The molecular formula is C32H40N6. The van der Waals surface area contributed by atoms with E-state index in [1.54, 1.807) is 0 Å². The maximum Gasteiger partial charge on any atom is 0.232 e. The van der Waals surface area contributed by atoms with Crippen molar-refractivity contribution in [3.05, 3.63) is 83.9 Å². The molecule has 1 aliphatic rings. The Balaban J connectivity index is 1.46. The summed E-state index contributed by atoms with van der Waals surface area (Å²) in [5, 5.41) is 9.75. The van der Waals surface area contributed by atoms with Gasteiger partial charge in [0.25, 0.3) is 0 Å². The largest absolute Gasteiger partial charge is 0.351 e. The predicted octanol–water partition coefficient (Wildman–Crippen LogP) is 7.75. The van der Waals surface area contributed by atoms with Crippen LogP contribution in [0.4, 0.5) is 17.8 Å². The Labute approximate surface area is 226 Å². The van der Waals surface area contributed by atoms with Crippen molar-refractivity contribution in [3.8, 4) is 0 Å². The van der Waals surface area contributed by atoms with E-state index in [1.165, 1.54) is 54.0 Å². The fourth-order valence-corrected chi connectivity index (χ4v) is 5.37. The number of hydrogen-bond acceptors (Lipinski definition) is 6. The number of aromatic nitrogens is 3. The number of benzene rings is 3. The monoisotopic (exact) mass is 508 g/mol. The molecule has 0 unspecified atom stereocenters. The molecule has 2 N–H and O–H groups in total. The maximum atomic E-state index is 4.97. The first-order chi connectivity index (χ1) is 18.7. The van der Waals surface area contributed by atoms with Crippen LogP contribution in [-0.4, -0.2) is 27.5 Å². The molecule has 0 saturated heterocycles. The molecule has 6 heteroatoms. The maximum absolute atomic E-state index is 4.97. The lowest BCUT2D eigenvalue weighted by molar-refractivity contribution is 0.460. The SMILES string of the molecule is CCCCN(Cc1ccccc1)c1nc(NC2CCCCC2)nc(N[C@@H](C)c2cccc3ccccc23)n1. The molecule has 1 saturated carbocycles. The van der Waals surface area contributed by atoms with Crippen molar-refractivity contribution in [1.29, 1.82) is 0 Å². The quantitative estimate of drug-likeness (QED) is 0.216. The summed E-state index contributed by atoms with van der Waals surface area (Å²) in [6.45, 7) is 6.07. The van der Waals surface area contributed by atoms with Gasteiger partial charge in [-0.1, -0.05) is 105 Å². The summed E-state index contributed by atoms with van der Waals surface area (Å²) < 4.78 is 0. The number of unbranched alkanes of at least 4 members (excludes halogenated alkanes) is 1. The average molecular weight is 509 g/mol. The highest BCUT2D eigenvalue weighted by molar-refractivity contribution is 5.86. The van der Waals surface area contributed by atoms with Crippen LogP contribution in [0.1, 0.15) is 76.0 Å². The number of hydrogen-bond donors (Lipinski definition) is 2. The van der Waals surface area contributed by atoms with Gasteiger partial charge in [0.15, 0.2) is 0 Å². The van der Waals surface area contributed by atoms with Crippen molar-refractivity contribution in [2.24, 2.45) is 0 Å². The van der Waals surface area contributed by atoms with Crippen LogP contribution in [0.5, 0.6) is 0 Å². The van der Waals surface area contributed by atoms with E-state index in [9.17, 15) is 0 Å². The first-order valence-corrected chi connectivity index (χ1v) is 14.3. The third kappa shape index (κ3) is 6.60. The van der Waals surface area contributed by atoms with Crippen LogP contribution in [0.2, 0.25) is 0 Å². The van der Waals surface area contributed by atoms with E-state index >= 15 is 0 Å². The molecule has 0 aliphatic heterocycles. The minimum Gasteiger partial charge on any atom is -0.351 e. The summed E-state index contributed by atoms with van der Waals surface area (Å²) in [6, 6.07) is 26.0. The first-order valence-electron chi connectivity index (χ1n) is 14.3. The van der Waals surface area contributed by atoms with Crippen LogP contribution in [-0.2, 0) is 6.54 Å². The van der Waals surface area contributed by atoms with Crippen LogP contribution < -0.4 is 15.5 Å². The highest BCUT2D eigenvalue weighted by Crippen LogP contribution is 2.28. The highest BCUT2D eigenvalue weighted by atomic mass is 15.3. The van der Waals surface area contributed by atoms with Crippen molar-refractivity contribution in [1.82, 2.24) is 15.0 Å². The minimum absolute atomic E-state index is 0.0390. The Kier molecular flexibility index (Phi) is 8.69. The van der Waals surface area contributed by atoms with E-state index in [2.05, 4.69) is 102 Å². The molecule has 0 amide bonds. The number of nitrogens with one attached hydrogen (secondary N) is 2. The molecule has 1 atom stereocenters. The van der Waals surface area contributed by atoms with Gasteiger partial charge in [-0.25, -0.2) is 0 Å². The predicted molar refractivity (Wildman–Crippen MR) is 159 cm³/mol. The Hall–Kier alpha value is -3.67. The summed E-state index contributed by atoms with van der Waals surface area (Å²) in [7, 11) is 0. The average Bonchev–Trinajstić information content (AvgIpc) is 2.96.